The zero-order valence-corrected chi connectivity index (χ0v) is 9.17. The van der Waals surface area contributed by atoms with Gasteiger partial charge in [-0.3, -0.25) is 0 Å². The second kappa shape index (κ2) is 5.62. The molecule has 0 spiro atoms. The van der Waals surface area contributed by atoms with Gasteiger partial charge >= 0.3 is 0 Å². The van der Waals surface area contributed by atoms with Gasteiger partial charge in [-0.15, -0.1) is 23.1 Å². The maximum Gasteiger partial charge on any atom is 0.0599 e. The van der Waals surface area contributed by atoms with Gasteiger partial charge in [-0.1, -0.05) is 13.0 Å². The van der Waals surface area contributed by atoms with Crippen LogP contribution in [-0.4, -0.2) is 18.8 Å². The van der Waals surface area contributed by atoms with E-state index < -0.39 is 0 Å². The van der Waals surface area contributed by atoms with E-state index in [0.717, 1.165) is 0 Å². The lowest BCUT2D eigenvalue weighted by Crippen LogP contribution is -2.26. The smallest absolute Gasteiger partial charge is 0.0599 e. The molecule has 0 amide bonds. The summed E-state index contributed by atoms with van der Waals surface area (Å²) in [6.45, 7) is 2.22. The number of nitrogens with one attached hydrogen (secondary N) is 1. The Morgan fingerprint density at radius 3 is 3.00 bits per heavy atom. The molecular weight excluding hydrogens is 186 g/mol. The first-order valence-corrected chi connectivity index (χ1v) is 6.07. The summed E-state index contributed by atoms with van der Waals surface area (Å²) in [6.07, 6.45) is 1.20. The highest BCUT2D eigenvalue weighted by Gasteiger charge is 2.03. The Bertz CT molecular complexity index is 192. The van der Waals surface area contributed by atoms with Crippen molar-refractivity contribution in [3.63, 3.8) is 0 Å². The molecule has 1 heterocycles. The predicted octanol–water partition coefficient (Wildman–Crippen LogP) is 2.84. The number of hydrogen-bond donors (Lipinski definition) is 1. The van der Waals surface area contributed by atoms with E-state index >= 15 is 0 Å². The molecule has 0 saturated heterocycles. The Hall–Kier alpha value is 0.01000. The molecule has 0 bridgehead atoms. The molecule has 0 radical (unpaired) electrons. The lowest BCUT2D eigenvalue weighted by Gasteiger charge is -2.11. The summed E-state index contributed by atoms with van der Waals surface area (Å²) >= 11 is 3.76. The van der Waals surface area contributed by atoms with Crippen LogP contribution in [0.5, 0.6) is 0 Å². The molecule has 1 nitrogen and oxygen atoms in total. The van der Waals surface area contributed by atoms with Gasteiger partial charge in [0.05, 0.1) is 4.21 Å². The third kappa shape index (κ3) is 3.17. The Morgan fingerprint density at radius 2 is 2.50 bits per heavy atom. The van der Waals surface area contributed by atoms with Gasteiger partial charge in [-0.2, -0.15) is 0 Å². The van der Waals surface area contributed by atoms with E-state index in [1.54, 1.807) is 0 Å². The maximum absolute atomic E-state index is 3.30. The van der Waals surface area contributed by atoms with Crippen LogP contribution in [-0.2, 0) is 0 Å². The van der Waals surface area contributed by atoms with Crippen molar-refractivity contribution in [1.29, 1.82) is 0 Å². The quantitative estimate of drug-likeness (QED) is 0.735. The van der Waals surface area contributed by atoms with Crippen LogP contribution in [0.4, 0.5) is 0 Å². The average Bonchev–Trinajstić information content (AvgIpc) is 2.59. The highest BCUT2D eigenvalue weighted by atomic mass is 32.2. The molecule has 1 atom stereocenters. The molecule has 0 aliphatic heterocycles. The molecule has 68 valence electrons. The molecule has 1 N–H and O–H groups in total. The number of thiophene rings is 1. The van der Waals surface area contributed by atoms with Gasteiger partial charge in [0, 0.05) is 11.8 Å². The van der Waals surface area contributed by atoms with Crippen molar-refractivity contribution in [2.45, 2.75) is 23.6 Å². The topological polar surface area (TPSA) is 12.0 Å². The van der Waals surface area contributed by atoms with E-state index in [9.17, 15) is 0 Å². The molecule has 1 aromatic rings. The summed E-state index contributed by atoms with van der Waals surface area (Å²) in [5.41, 5.74) is 0. The van der Waals surface area contributed by atoms with Crippen LogP contribution in [0.1, 0.15) is 13.3 Å². The van der Waals surface area contributed by atoms with E-state index in [1.165, 1.54) is 16.4 Å². The Labute approximate surface area is 82.6 Å². The van der Waals surface area contributed by atoms with E-state index in [2.05, 4.69) is 29.8 Å². The standard InChI is InChI=1S/C9H15NS2/c1-3-8(10-2)7-12-9-5-4-6-11-9/h4-6,8,10H,3,7H2,1-2H3. The van der Waals surface area contributed by atoms with Crippen LogP contribution in [0.15, 0.2) is 21.7 Å². The number of rotatable bonds is 5. The number of hydrogen-bond acceptors (Lipinski definition) is 3. The van der Waals surface area contributed by atoms with Crippen molar-refractivity contribution in [2.24, 2.45) is 0 Å². The monoisotopic (exact) mass is 201 g/mol. The summed E-state index contributed by atoms with van der Waals surface area (Å²) < 4.78 is 1.42. The molecule has 12 heavy (non-hydrogen) atoms. The molecule has 0 fully saturated rings. The van der Waals surface area contributed by atoms with E-state index in [1.807, 2.05) is 30.1 Å². The van der Waals surface area contributed by atoms with Crippen LogP contribution in [0.2, 0.25) is 0 Å². The second-order valence-electron chi connectivity index (χ2n) is 2.64. The minimum atomic E-state index is 0.650. The Morgan fingerprint density at radius 1 is 1.67 bits per heavy atom. The molecule has 1 aromatic heterocycles. The van der Waals surface area contributed by atoms with Crippen molar-refractivity contribution in [3.05, 3.63) is 17.5 Å². The summed E-state index contributed by atoms with van der Waals surface area (Å²) in [5.74, 6) is 1.17. The fourth-order valence-corrected chi connectivity index (χ4v) is 2.97. The second-order valence-corrected chi connectivity index (χ2v) is 4.90. The summed E-state index contributed by atoms with van der Waals surface area (Å²) in [7, 11) is 2.03. The Balaban J connectivity index is 2.25. The third-order valence-electron chi connectivity index (χ3n) is 1.82. The summed E-state index contributed by atoms with van der Waals surface area (Å²) in [6, 6.07) is 4.93. The van der Waals surface area contributed by atoms with Crippen molar-refractivity contribution in [2.75, 3.05) is 12.8 Å². The SMILES string of the molecule is CCC(CSc1cccs1)NC. The van der Waals surface area contributed by atoms with Gasteiger partial charge in [0.25, 0.3) is 0 Å². The van der Waals surface area contributed by atoms with E-state index in [4.69, 9.17) is 0 Å². The highest BCUT2D eigenvalue weighted by Crippen LogP contribution is 2.24. The van der Waals surface area contributed by atoms with Crippen LogP contribution in [0.25, 0.3) is 0 Å². The fourth-order valence-electron chi connectivity index (χ4n) is 0.934. The molecule has 1 rings (SSSR count). The lowest BCUT2D eigenvalue weighted by atomic mass is 10.3. The lowest BCUT2D eigenvalue weighted by molar-refractivity contribution is 0.602. The van der Waals surface area contributed by atoms with E-state index in [0.29, 0.717) is 6.04 Å². The molecular formula is C9H15NS2. The van der Waals surface area contributed by atoms with Crippen LogP contribution >= 0.6 is 23.1 Å². The minimum Gasteiger partial charge on any atom is -0.316 e. The van der Waals surface area contributed by atoms with Gasteiger partial charge in [-0.05, 0) is 24.9 Å². The molecule has 0 aliphatic rings. The largest absolute Gasteiger partial charge is 0.316 e. The normalized spacial score (nSPS) is 13.2. The Kier molecular flexibility index (Phi) is 4.73. The molecule has 1 unspecified atom stereocenters. The van der Waals surface area contributed by atoms with Gasteiger partial charge in [0.1, 0.15) is 0 Å². The minimum absolute atomic E-state index is 0.650. The summed E-state index contributed by atoms with van der Waals surface area (Å²) in [5, 5.41) is 5.43. The zero-order chi connectivity index (χ0) is 8.81. The molecule has 3 heteroatoms. The van der Waals surface area contributed by atoms with Crippen molar-refractivity contribution < 1.29 is 0 Å². The average molecular weight is 201 g/mol. The van der Waals surface area contributed by atoms with Crippen molar-refractivity contribution in [1.82, 2.24) is 5.32 Å². The van der Waals surface area contributed by atoms with Gasteiger partial charge < -0.3 is 5.32 Å². The molecule has 0 saturated carbocycles. The van der Waals surface area contributed by atoms with Crippen LogP contribution in [0.3, 0.4) is 0 Å². The first-order chi connectivity index (χ1) is 5.86. The van der Waals surface area contributed by atoms with Gasteiger partial charge in [-0.25, -0.2) is 0 Å². The van der Waals surface area contributed by atoms with Crippen LogP contribution < -0.4 is 5.32 Å². The third-order valence-corrected chi connectivity index (χ3v) is 4.12. The first kappa shape index (κ1) is 10.1. The predicted molar refractivity (Wildman–Crippen MR) is 58.2 cm³/mol. The fraction of sp³-hybridized carbons (Fsp3) is 0.556. The van der Waals surface area contributed by atoms with Gasteiger partial charge in [0.2, 0.25) is 0 Å². The van der Waals surface area contributed by atoms with Gasteiger partial charge in [0.15, 0.2) is 0 Å². The van der Waals surface area contributed by atoms with Crippen LogP contribution in [0, 0.1) is 0 Å². The first-order valence-electron chi connectivity index (χ1n) is 4.20. The van der Waals surface area contributed by atoms with E-state index in [-0.39, 0.29) is 0 Å². The molecule has 0 aromatic carbocycles. The van der Waals surface area contributed by atoms with Crippen molar-refractivity contribution >= 4 is 23.1 Å². The highest BCUT2D eigenvalue weighted by molar-refractivity contribution is 8.01. The van der Waals surface area contributed by atoms with Crippen molar-refractivity contribution in [3.8, 4) is 0 Å². The molecule has 0 aliphatic carbocycles. The maximum atomic E-state index is 3.30. The summed E-state index contributed by atoms with van der Waals surface area (Å²) in [4.78, 5) is 0. The number of thioether (sulfide) groups is 1. The zero-order valence-electron chi connectivity index (χ0n) is 7.54.